The molecule has 1 N–H and O–H groups in total. The molecule has 5 heteroatoms. The standard InChI is InChI=1S/C14H29NO3S/c1-5-9-15-14(3,13(16)18-6-2)8-12-19-11-7-10-17-4/h15H,5-12H2,1-4H3. The summed E-state index contributed by atoms with van der Waals surface area (Å²) in [5, 5.41) is 3.32. The van der Waals surface area contributed by atoms with Crippen molar-refractivity contribution in [2.24, 2.45) is 0 Å². The molecule has 0 aliphatic carbocycles. The molecule has 0 bridgehead atoms. The van der Waals surface area contributed by atoms with Gasteiger partial charge in [0.2, 0.25) is 0 Å². The Morgan fingerprint density at radius 3 is 2.63 bits per heavy atom. The molecular weight excluding hydrogens is 262 g/mol. The molecule has 0 aromatic heterocycles. The van der Waals surface area contributed by atoms with Crippen LogP contribution in [0.1, 0.15) is 40.0 Å². The summed E-state index contributed by atoms with van der Waals surface area (Å²) >= 11 is 1.86. The number of methoxy groups -OCH3 is 1. The maximum absolute atomic E-state index is 12.0. The molecule has 0 aromatic rings. The molecule has 0 radical (unpaired) electrons. The van der Waals surface area contributed by atoms with E-state index in [1.807, 2.05) is 25.6 Å². The van der Waals surface area contributed by atoms with E-state index < -0.39 is 5.54 Å². The van der Waals surface area contributed by atoms with Crippen LogP contribution >= 0.6 is 11.8 Å². The Kier molecular flexibility index (Phi) is 11.4. The van der Waals surface area contributed by atoms with Gasteiger partial charge in [0.1, 0.15) is 5.54 Å². The molecule has 0 heterocycles. The maximum atomic E-state index is 12.0. The molecule has 1 unspecified atom stereocenters. The van der Waals surface area contributed by atoms with Crippen molar-refractivity contribution in [3.05, 3.63) is 0 Å². The van der Waals surface area contributed by atoms with E-state index in [4.69, 9.17) is 9.47 Å². The Bertz CT molecular complexity index is 239. The predicted molar refractivity (Wildman–Crippen MR) is 81.8 cm³/mol. The van der Waals surface area contributed by atoms with Crippen molar-refractivity contribution >= 4 is 17.7 Å². The SMILES string of the molecule is CCCNC(C)(CCSCCCOC)C(=O)OCC. The monoisotopic (exact) mass is 291 g/mol. The summed E-state index contributed by atoms with van der Waals surface area (Å²) in [6, 6.07) is 0. The van der Waals surface area contributed by atoms with Crippen LogP contribution < -0.4 is 5.32 Å². The number of ether oxygens (including phenoxy) is 2. The fourth-order valence-electron chi connectivity index (χ4n) is 1.64. The van der Waals surface area contributed by atoms with Crippen LogP contribution in [0.3, 0.4) is 0 Å². The number of carbonyl (C=O) groups excluding carboxylic acids is 1. The normalized spacial score (nSPS) is 14.1. The number of thioether (sulfide) groups is 1. The number of esters is 1. The van der Waals surface area contributed by atoms with Crippen molar-refractivity contribution in [2.45, 2.75) is 45.6 Å². The highest BCUT2D eigenvalue weighted by Gasteiger charge is 2.33. The van der Waals surface area contributed by atoms with Crippen LogP contribution in [0.15, 0.2) is 0 Å². The molecule has 0 aliphatic heterocycles. The first-order valence-electron chi connectivity index (χ1n) is 7.09. The fourth-order valence-corrected chi connectivity index (χ4v) is 2.72. The van der Waals surface area contributed by atoms with Gasteiger partial charge in [-0.15, -0.1) is 0 Å². The topological polar surface area (TPSA) is 47.6 Å². The Hall–Kier alpha value is -0.260. The van der Waals surface area contributed by atoms with Gasteiger partial charge in [-0.25, -0.2) is 0 Å². The second-order valence-corrected chi connectivity index (χ2v) is 5.91. The zero-order chi connectivity index (χ0) is 14.6. The van der Waals surface area contributed by atoms with Gasteiger partial charge in [0, 0.05) is 13.7 Å². The lowest BCUT2D eigenvalue weighted by Gasteiger charge is -2.28. The molecule has 0 saturated heterocycles. The molecule has 1 atom stereocenters. The quantitative estimate of drug-likeness (QED) is 0.442. The fraction of sp³-hybridized carbons (Fsp3) is 0.929. The average Bonchev–Trinajstić information content (AvgIpc) is 2.40. The molecule has 0 fully saturated rings. The molecule has 0 spiro atoms. The smallest absolute Gasteiger partial charge is 0.326 e. The molecule has 0 saturated carbocycles. The van der Waals surface area contributed by atoms with E-state index in [0.29, 0.717) is 6.61 Å². The van der Waals surface area contributed by atoms with Gasteiger partial charge in [0.25, 0.3) is 0 Å². The van der Waals surface area contributed by atoms with E-state index >= 15 is 0 Å². The van der Waals surface area contributed by atoms with E-state index in [2.05, 4.69) is 12.2 Å². The third kappa shape index (κ3) is 8.50. The lowest BCUT2D eigenvalue weighted by Crippen LogP contribution is -2.51. The molecule has 4 nitrogen and oxygen atoms in total. The minimum absolute atomic E-state index is 0.138. The van der Waals surface area contributed by atoms with Crippen molar-refractivity contribution in [3.63, 3.8) is 0 Å². The van der Waals surface area contributed by atoms with Gasteiger partial charge in [-0.3, -0.25) is 4.79 Å². The zero-order valence-corrected chi connectivity index (χ0v) is 13.6. The molecule has 19 heavy (non-hydrogen) atoms. The molecule has 0 aromatic carbocycles. The van der Waals surface area contributed by atoms with E-state index in [9.17, 15) is 4.79 Å². The zero-order valence-electron chi connectivity index (χ0n) is 12.8. The van der Waals surface area contributed by atoms with E-state index in [1.165, 1.54) is 0 Å². The summed E-state index contributed by atoms with van der Waals surface area (Å²) in [6.45, 7) is 7.95. The van der Waals surface area contributed by atoms with Crippen LogP contribution in [0, 0.1) is 0 Å². The van der Waals surface area contributed by atoms with Crippen LogP contribution in [0.25, 0.3) is 0 Å². The molecule has 0 aliphatic rings. The summed E-state index contributed by atoms with van der Waals surface area (Å²) in [4.78, 5) is 12.0. The van der Waals surface area contributed by atoms with Gasteiger partial charge in [-0.2, -0.15) is 11.8 Å². The molecular formula is C14H29NO3S. The summed E-state index contributed by atoms with van der Waals surface area (Å²) in [6.07, 6.45) is 2.86. The van der Waals surface area contributed by atoms with Gasteiger partial charge in [0.15, 0.2) is 0 Å². The first-order chi connectivity index (χ1) is 9.10. The number of hydrogen-bond acceptors (Lipinski definition) is 5. The lowest BCUT2D eigenvalue weighted by molar-refractivity contribution is -0.150. The lowest BCUT2D eigenvalue weighted by atomic mass is 9.99. The van der Waals surface area contributed by atoms with Gasteiger partial charge < -0.3 is 14.8 Å². The number of nitrogens with one attached hydrogen (secondary N) is 1. The third-order valence-corrected chi connectivity index (χ3v) is 3.94. The number of rotatable bonds is 12. The predicted octanol–water partition coefficient (Wildman–Crippen LogP) is 2.47. The van der Waals surface area contributed by atoms with Crippen molar-refractivity contribution in [1.82, 2.24) is 5.32 Å². The first kappa shape index (κ1) is 18.7. The van der Waals surface area contributed by atoms with E-state index in [1.54, 1.807) is 7.11 Å². The first-order valence-corrected chi connectivity index (χ1v) is 8.25. The van der Waals surface area contributed by atoms with Crippen molar-refractivity contribution < 1.29 is 14.3 Å². The van der Waals surface area contributed by atoms with Crippen LogP contribution in [0.4, 0.5) is 0 Å². The molecule has 0 rings (SSSR count). The van der Waals surface area contributed by atoms with Gasteiger partial charge in [0.05, 0.1) is 6.61 Å². The van der Waals surface area contributed by atoms with Crippen molar-refractivity contribution in [3.8, 4) is 0 Å². The van der Waals surface area contributed by atoms with Crippen LogP contribution in [0.2, 0.25) is 0 Å². The maximum Gasteiger partial charge on any atom is 0.326 e. The highest BCUT2D eigenvalue weighted by molar-refractivity contribution is 7.99. The van der Waals surface area contributed by atoms with Crippen molar-refractivity contribution in [2.75, 3.05) is 38.4 Å². The third-order valence-electron chi connectivity index (χ3n) is 2.87. The highest BCUT2D eigenvalue weighted by atomic mass is 32.2. The van der Waals surface area contributed by atoms with Gasteiger partial charge >= 0.3 is 5.97 Å². The van der Waals surface area contributed by atoms with Crippen molar-refractivity contribution in [1.29, 1.82) is 0 Å². The Morgan fingerprint density at radius 2 is 2.05 bits per heavy atom. The van der Waals surface area contributed by atoms with E-state index in [0.717, 1.165) is 43.9 Å². The summed E-state index contributed by atoms with van der Waals surface area (Å²) in [7, 11) is 1.72. The summed E-state index contributed by atoms with van der Waals surface area (Å²) in [5.74, 6) is 1.89. The van der Waals surface area contributed by atoms with E-state index in [-0.39, 0.29) is 5.97 Å². The largest absolute Gasteiger partial charge is 0.465 e. The van der Waals surface area contributed by atoms with Crippen LogP contribution in [-0.4, -0.2) is 49.9 Å². The highest BCUT2D eigenvalue weighted by Crippen LogP contribution is 2.17. The second kappa shape index (κ2) is 11.6. The summed E-state index contributed by atoms with van der Waals surface area (Å²) < 4.78 is 10.2. The van der Waals surface area contributed by atoms with Gasteiger partial charge in [-0.1, -0.05) is 6.92 Å². The Balaban J connectivity index is 4.08. The van der Waals surface area contributed by atoms with Crippen LogP contribution in [-0.2, 0) is 14.3 Å². The molecule has 0 amide bonds. The second-order valence-electron chi connectivity index (χ2n) is 4.69. The minimum atomic E-state index is -0.555. The summed E-state index contributed by atoms with van der Waals surface area (Å²) in [5.41, 5.74) is -0.555. The van der Waals surface area contributed by atoms with Crippen LogP contribution in [0.5, 0.6) is 0 Å². The Morgan fingerprint density at radius 1 is 1.32 bits per heavy atom. The van der Waals surface area contributed by atoms with Gasteiger partial charge in [-0.05, 0) is 51.2 Å². The Labute approximate surface area is 122 Å². The molecule has 114 valence electrons. The minimum Gasteiger partial charge on any atom is -0.465 e. The number of hydrogen-bond donors (Lipinski definition) is 1. The average molecular weight is 291 g/mol. The number of carbonyl (C=O) groups is 1.